The zero-order valence-electron chi connectivity index (χ0n) is 19.9. The maximum Gasteiger partial charge on any atom is -0.0184 e. The highest BCUT2D eigenvalue weighted by Gasteiger charge is 2.13. The lowest BCUT2D eigenvalue weighted by atomic mass is 9.84. The molecule has 0 saturated heterocycles. The van der Waals surface area contributed by atoms with Gasteiger partial charge in [-0.15, -0.1) is 0 Å². The summed E-state index contributed by atoms with van der Waals surface area (Å²) < 4.78 is 0. The number of rotatable bonds is 1. The monoisotopic (exact) mass is 448 g/mol. The summed E-state index contributed by atoms with van der Waals surface area (Å²) in [5, 5.41) is 0. The van der Waals surface area contributed by atoms with Crippen molar-refractivity contribution in [1.29, 1.82) is 0 Å². The van der Waals surface area contributed by atoms with Crippen LogP contribution in [-0.4, -0.2) is 0 Å². The smallest absolute Gasteiger partial charge is 0.0184 e. The zero-order chi connectivity index (χ0) is 21.9. The summed E-state index contributed by atoms with van der Waals surface area (Å²) in [5.74, 6) is 2.04. The van der Waals surface area contributed by atoms with Crippen molar-refractivity contribution in [3.8, 4) is 11.1 Å². The summed E-state index contributed by atoms with van der Waals surface area (Å²) in [5.41, 5.74) is 7.85. The van der Waals surface area contributed by atoms with Gasteiger partial charge in [0.15, 0.2) is 0 Å². The van der Waals surface area contributed by atoms with E-state index >= 15 is 0 Å². The van der Waals surface area contributed by atoms with Gasteiger partial charge in [-0.25, -0.2) is 0 Å². The molecule has 3 aromatic carbocycles. The molecule has 184 valence electrons. The molecular weight excluding hydrogens is 396 g/mol. The van der Waals surface area contributed by atoms with Crippen molar-refractivity contribution in [3.63, 3.8) is 0 Å². The molecule has 0 heteroatoms. The van der Waals surface area contributed by atoms with Crippen molar-refractivity contribution in [2.24, 2.45) is 11.8 Å². The molecule has 0 unspecified atom stereocenters. The van der Waals surface area contributed by atoms with Crippen LogP contribution in [0.3, 0.4) is 0 Å². The van der Waals surface area contributed by atoms with Gasteiger partial charge in [-0.3, -0.25) is 0 Å². The average Bonchev–Trinajstić information content (AvgIpc) is 2.75. The van der Waals surface area contributed by atoms with Gasteiger partial charge in [0, 0.05) is 0 Å². The first-order chi connectivity index (χ1) is 14.3. The largest absolute Gasteiger partial charge is 0.0776 e. The number of hydrogen-bond acceptors (Lipinski definition) is 0. The van der Waals surface area contributed by atoms with Crippen LogP contribution >= 0.6 is 0 Å². The summed E-state index contributed by atoms with van der Waals surface area (Å²) >= 11 is 0. The maximum absolute atomic E-state index is 2.37. The van der Waals surface area contributed by atoms with Crippen LogP contribution in [0.2, 0.25) is 0 Å². The van der Waals surface area contributed by atoms with Crippen LogP contribution in [0.4, 0.5) is 0 Å². The van der Waals surface area contributed by atoms with Gasteiger partial charge in [-0.2, -0.15) is 0 Å². The lowest BCUT2D eigenvalue weighted by molar-refractivity contribution is 0.308. The van der Waals surface area contributed by atoms with Crippen LogP contribution in [-0.2, 0) is 0 Å². The molecule has 3 aromatic rings. The van der Waals surface area contributed by atoms with E-state index in [-0.39, 0.29) is 22.3 Å². The molecule has 0 aliphatic heterocycles. The summed E-state index contributed by atoms with van der Waals surface area (Å²) in [7, 11) is 0. The number of hydrogen-bond donors (Lipinski definition) is 0. The standard InChI is InChI=1S/C14H14.C8H16.C8H10.3CH4/c1-11-3-7-13(8-4-11)14-9-5-12(2)6-10-14;2*1-7-3-5-8(2)6-4-7;;;/h3-10H,1-2H3;7-8H,3-6H2,1-2H3;3-6H,1-2H3;3*1H4. The van der Waals surface area contributed by atoms with Gasteiger partial charge in [0.1, 0.15) is 0 Å². The highest BCUT2D eigenvalue weighted by molar-refractivity contribution is 5.63. The predicted molar refractivity (Wildman–Crippen MR) is 154 cm³/mol. The molecule has 0 atom stereocenters. The van der Waals surface area contributed by atoms with Crippen molar-refractivity contribution in [3.05, 3.63) is 95.1 Å². The van der Waals surface area contributed by atoms with E-state index in [4.69, 9.17) is 0 Å². The second kappa shape index (κ2) is 17.2. The lowest BCUT2D eigenvalue weighted by Gasteiger charge is -2.22. The molecule has 1 aliphatic carbocycles. The first kappa shape index (κ1) is 32.8. The zero-order valence-corrected chi connectivity index (χ0v) is 19.9. The fourth-order valence-corrected chi connectivity index (χ4v) is 3.56. The molecule has 1 saturated carbocycles. The van der Waals surface area contributed by atoms with Crippen molar-refractivity contribution in [2.75, 3.05) is 0 Å². The van der Waals surface area contributed by atoms with Crippen molar-refractivity contribution < 1.29 is 0 Å². The Morgan fingerprint density at radius 1 is 0.394 bits per heavy atom. The van der Waals surface area contributed by atoms with Gasteiger partial charge in [0.05, 0.1) is 0 Å². The predicted octanol–water partition coefficient (Wildman–Crippen LogP) is 11.0. The van der Waals surface area contributed by atoms with Crippen LogP contribution < -0.4 is 0 Å². The molecule has 33 heavy (non-hydrogen) atoms. The first-order valence-electron chi connectivity index (χ1n) is 11.5. The Morgan fingerprint density at radius 2 is 0.576 bits per heavy atom. The third-order valence-electron chi connectivity index (χ3n) is 5.96. The van der Waals surface area contributed by atoms with E-state index in [0.717, 1.165) is 11.8 Å². The van der Waals surface area contributed by atoms with Crippen LogP contribution in [0.25, 0.3) is 11.1 Å². The average molecular weight is 449 g/mol. The van der Waals surface area contributed by atoms with Gasteiger partial charge in [-0.05, 0) is 50.7 Å². The Kier molecular flexibility index (Phi) is 17.1. The minimum Gasteiger partial charge on any atom is -0.0776 e. The Hall–Kier alpha value is -2.34. The second-order valence-electron chi connectivity index (χ2n) is 9.25. The molecule has 0 amide bonds. The molecule has 1 fully saturated rings. The molecule has 1 aliphatic rings. The highest BCUT2D eigenvalue weighted by atomic mass is 14.2. The van der Waals surface area contributed by atoms with Gasteiger partial charge in [0.2, 0.25) is 0 Å². The molecule has 0 aromatic heterocycles. The summed E-state index contributed by atoms with van der Waals surface area (Å²) in [6.07, 6.45) is 5.89. The molecule has 4 rings (SSSR count). The fourth-order valence-electron chi connectivity index (χ4n) is 3.56. The molecule has 0 N–H and O–H groups in total. The lowest BCUT2D eigenvalue weighted by Crippen LogP contribution is -2.08. The SMILES string of the molecule is C.C.C.CC1CCC(C)CC1.Cc1ccc(-c2ccc(C)cc2)cc1.Cc1ccc(C)cc1. The van der Waals surface area contributed by atoms with E-state index in [2.05, 4.69) is 114 Å². The van der Waals surface area contributed by atoms with E-state index in [1.54, 1.807) is 0 Å². The third-order valence-corrected chi connectivity index (χ3v) is 5.96. The van der Waals surface area contributed by atoms with Crippen LogP contribution in [0.15, 0.2) is 72.8 Å². The first-order valence-corrected chi connectivity index (χ1v) is 11.5. The molecule has 0 bridgehead atoms. The summed E-state index contributed by atoms with van der Waals surface area (Å²) in [6.45, 7) is 13.1. The highest BCUT2D eigenvalue weighted by Crippen LogP contribution is 2.27. The van der Waals surface area contributed by atoms with Crippen LogP contribution in [0, 0.1) is 39.5 Å². The Labute approximate surface area is 207 Å². The third kappa shape index (κ3) is 13.1. The quantitative estimate of drug-likeness (QED) is 0.347. The van der Waals surface area contributed by atoms with Gasteiger partial charge in [0.25, 0.3) is 0 Å². The minimum absolute atomic E-state index is 0. The molecule has 0 nitrogen and oxygen atoms in total. The van der Waals surface area contributed by atoms with Crippen molar-refractivity contribution in [1.82, 2.24) is 0 Å². The van der Waals surface area contributed by atoms with E-state index < -0.39 is 0 Å². The molecular formula is C33H52. The van der Waals surface area contributed by atoms with Gasteiger partial charge >= 0.3 is 0 Å². The maximum atomic E-state index is 2.37. The van der Waals surface area contributed by atoms with E-state index in [9.17, 15) is 0 Å². The Bertz CT molecular complexity index is 756. The number of benzene rings is 3. The van der Waals surface area contributed by atoms with Gasteiger partial charge in [-0.1, -0.05) is 157 Å². The minimum atomic E-state index is 0. The van der Waals surface area contributed by atoms with E-state index in [1.807, 2.05) is 0 Å². The molecule has 0 spiro atoms. The van der Waals surface area contributed by atoms with Crippen molar-refractivity contribution >= 4 is 0 Å². The van der Waals surface area contributed by atoms with E-state index in [1.165, 1.54) is 59.1 Å². The second-order valence-corrected chi connectivity index (χ2v) is 9.25. The van der Waals surface area contributed by atoms with Crippen LogP contribution in [0.5, 0.6) is 0 Å². The molecule has 0 heterocycles. The normalized spacial score (nSPS) is 16.2. The van der Waals surface area contributed by atoms with E-state index in [0.29, 0.717) is 0 Å². The summed E-state index contributed by atoms with van der Waals surface area (Å²) in [6, 6.07) is 25.7. The fraction of sp³-hybridized carbons (Fsp3) is 0.455. The van der Waals surface area contributed by atoms with Crippen LogP contribution in [0.1, 0.15) is 84.1 Å². The topological polar surface area (TPSA) is 0 Å². The number of aryl methyl sites for hydroxylation is 4. The van der Waals surface area contributed by atoms with Crippen molar-refractivity contribution in [2.45, 2.75) is 89.5 Å². The Morgan fingerprint density at radius 3 is 0.788 bits per heavy atom. The molecule has 0 radical (unpaired) electrons. The van der Waals surface area contributed by atoms with Gasteiger partial charge < -0.3 is 0 Å². The Balaban J connectivity index is 0. The summed E-state index contributed by atoms with van der Waals surface area (Å²) in [4.78, 5) is 0.